The number of nitrogens with one attached hydrogen (secondary N) is 1. The number of fused-ring (bicyclic) bond motifs is 1. The van der Waals surface area contributed by atoms with Crippen molar-refractivity contribution in [3.8, 4) is 0 Å². The number of rotatable bonds is 8. The van der Waals surface area contributed by atoms with E-state index in [-0.39, 0.29) is 11.5 Å². The fourth-order valence-corrected chi connectivity index (χ4v) is 4.86. The van der Waals surface area contributed by atoms with E-state index in [0.29, 0.717) is 37.1 Å². The Hall–Kier alpha value is -3.25. The molecule has 5 nitrogen and oxygen atoms in total. The summed E-state index contributed by atoms with van der Waals surface area (Å²) in [5, 5.41) is 0.655. The summed E-state index contributed by atoms with van der Waals surface area (Å²) in [7, 11) is 0. The van der Waals surface area contributed by atoms with Gasteiger partial charge >= 0.3 is 0 Å². The van der Waals surface area contributed by atoms with Crippen LogP contribution < -0.4 is 5.56 Å². The van der Waals surface area contributed by atoms with Gasteiger partial charge in [-0.1, -0.05) is 60.7 Å². The second-order valence-corrected chi connectivity index (χ2v) is 9.22. The number of H-pyrrole nitrogens is 1. The zero-order valence-corrected chi connectivity index (χ0v) is 19.2. The van der Waals surface area contributed by atoms with Crippen LogP contribution in [0.3, 0.4) is 0 Å². The number of nitrogens with zero attached hydrogens (tertiary/aromatic N) is 2. The summed E-state index contributed by atoms with van der Waals surface area (Å²) in [6.45, 7) is 4.81. The molecule has 4 rings (SSSR count). The van der Waals surface area contributed by atoms with Gasteiger partial charge in [0.25, 0.3) is 5.56 Å². The van der Waals surface area contributed by atoms with Crippen molar-refractivity contribution < 1.29 is 4.79 Å². The number of aromatic nitrogens is 2. The molecule has 0 spiro atoms. The van der Waals surface area contributed by atoms with Crippen molar-refractivity contribution in [2.24, 2.45) is 0 Å². The second-order valence-electron chi connectivity index (χ2n) is 8.01. The van der Waals surface area contributed by atoms with E-state index in [9.17, 15) is 9.59 Å². The van der Waals surface area contributed by atoms with Crippen LogP contribution in [-0.4, -0.2) is 27.3 Å². The summed E-state index contributed by atoms with van der Waals surface area (Å²) < 4.78 is 0. The fourth-order valence-electron chi connectivity index (χ4n) is 3.81. The molecule has 0 saturated carbocycles. The van der Waals surface area contributed by atoms with E-state index in [1.54, 1.807) is 0 Å². The van der Waals surface area contributed by atoms with Crippen LogP contribution in [0.5, 0.6) is 0 Å². The quantitative estimate of drug-likeness (QED) is 0.423. The Morgan fingerprint density at radius 3 is 2.25 bits per heavy atom. The Morgan fingerprint density at radius 2 is 1.59 bits per heavy atom. The summed E-state index contributed by atoms with van der Waals surface area (Å²) in [6, 6.07) is 20.2. The molecule has 1 amide bonds. The van der Waals surface area contributed by atoms with Gasteiger partial charge in [-0.15, -0.1) is 11.3 Å². The Balaban J connectivity index is 1.54. The third kappa shape index (κ3) is 5.14. The number of aromatic amines is 1. The molecule has 0 aliphatic heterocycles. The number of hydrogen-bond donors (Lipinski definition) is 1. The minimum Gasteiger partial charge on any atom is -0.335 e. The van der Waals surface area contributed by atoms with E-state index in [4.69, 9.17) is 0 Å². The van der Waals surface area contributed by atoms with Crippen molar-refractivity contribution in [3.05, 3.63) is 98.4 Å². The lowest BCUT2D eigenvalue weighted by atomic mass is 10.1. The SMILES string of the molecule is Cc1sc2nc(CN(CCc3ccccc3)C(=O)CCc3ccccc3)[nH]c(=O)c2c1C. The molecule has 0 radical (unpaired) electrons. The van der Waals surface area contributed by atoms with Gasteiger partial charge in [-0.05, 0) is 43.4 Å². The lowest BCUT2D eigenvalue weighted by Gasteiger charge is -2.22. The molecule has 164 valence electrons. The monoisotopic (exact) mass is 445 g/mol. The Kier molecular flexibility index (Phi) is 6.81. The summed E-state index contributed by atoms with van der Waals surface area (Å²) in [6.07, 6.45) is 1.86. The maximum Gasteiger partial charge on any atom is 0.259 e. The van der Waals surface area contributed by atoms with Gasteiger partial charge in [0.05, 0.1) is 11.9 Å². The molecule has 0 saturated heterocycles. The first-order valence-electron chi connectivity index (χ1n) is 10.9. The molecule has 2 aromatic carbocycles. The first-order valence-corrected chi connectivity index (χ1v) is 11.7. The third-order valence-corrected chi connectivity index (χ3v) is 6.87. The molecule has 0 fully saturated rings. The van der Waals surface area contributed by atoms with Gasteiger partial charge in [-0.25, -0.2) is 4.98 Å². The minimum absolute atomic E-state index is 0.0612. The van der Waals surface area contributed by atoms with E-state index in [2.05, 4.69) is 22.1 Å². The molecule has 4 aromatic rings. The van der Waals surface area contributed by atoms with Crippen LogP contribution in [0.1, 0.15) is 33.8 Å². The van der Waals surface area contributed by atoms with Crippen LogP contribution in [0.25, 0.3) is 10.2 Å². The predicted molar refractivity (Wildman–Crippen MR) is 130 cm³/mol. The molecule has 32 heavy (non-hydrogen) atoms. The van der Waals surface area contributed by atoms with E-state index >= 15 is 0 Å². The van der Waals surface area contributed by atoms with Gasteiger partial charge in [0.2, 0.25) is 5.91 Å². The number of benzene rings is 2. The highest BCUT2D eigenvalue weighted by atomic mass is 32.1. The number of carbonyl (C=O) groups excluding carboxylic acids is 1. The first kappa shape index (κ1) is 22.0. The van der Waals surface area contributed by atoms with Crippen LogP contribution in [0.2, 0.25) is 0 Å². The van der Waals surface area contributed by atoms with Gasteiger partial charge in [0, 0.05) is 17.8 Å². The van der Waals surface area contributed by atoms with E-state index in [1.807, 2.05) is 67.3 Å². The molecule has 0 aliphatic rings. The van der Waals surface area contributed by atoms with Crippen LogP contribution in [-0.2, 0) is 24.2 Å². The fraction of sp³-hybridized carbons (Fsp3) is 0.269. The molecule has 0 atom stereocenters. The smallest absolute Gasteiger partial charge is 0.259 e. The van der Waals surface area contributed by atoms with Crippen molar-refractivity contribution in [1.29, 1.82) is 0 Å². The number of aryl methyl sites for hydroxylation is 3. The standard InChI is InChI=1S/C26H27N3O2S/c1-18-19(2)32-26-24(18)25(31)27-22(28-26)17-29(16-15-21-11-7-4-8-12-21)23(30)14-13-20-9-5-3-6-10-20/h3-12H,13-17H2,1-2H3,(H,27,28,31). The van der Waals surface area contributed by atoms with Gasteiger partial charge in [-0.2, -0.15) is 0 Å². The molecule has 2 heterocycles. The third-order valence-electron chi connectivity index (χ3n) is 5.77. The van der Waals surface area contributed by atoms with Gasteiger partial charge < -0.3 is 9.88 Å². The molecule has 6 heteroatoms. The van der Waals surface area contributed by atoms with Crippen molar-refractivity contribution >= 4 is 27.5 Å². The van der Waals surface area contributed by atoms with E-state index in [0.717, 1.165) is 27.3 Å². The highest BCUT2D eigenvalue weighted by Crippen LogP contribution is 2.25. The second kappa shape index (κ2) is 9.92. The normalized spacial score (nSPS) is 11.1. The molecule has 0 bridgehead atoms. The summed E-state index contributed by atoms with van der Waals surface area (Å²) in [4.78, 5) is 37.1. The largest absolute Gasteiger partial charge is 0.335 e. The molecular formula is C26H27N3O2S. The Bertz CT molecular complexity index is 1260. The van der Waals surface area contributed by atoms with Crippen LogP contribution in [0.4, 0.5) is 0 Å². The average Bonchev–Trinajstić information content (AvgIpc) is 3.10. The van der Waals surface area contributed by atoms with Gasteiger partial charge in [0.15, 0.2) is 0 Å². The van der Waals surface area contributed by atoms with E-state index < -0.39 is 0 Å². The van der Waals surface area contributed by atoms with Gasteiger partial charge in [0.1, 0.15) is 10.7 Å². The predicted octanol–water partition coefficient (Wildman–Crippen LogP) is 4.81. The van der Waals surface area contributed by atoms with Crippen LogP contribution >= 0.6 is 11.3 Å². The van der Waals surface area contributed by atoms with Crippen molar-refractivity contribution in [2.75, 3.05) is 6.54 Å². The highest BCUT2D eigenvalue weighted by molar-refractivity contribution is 7.18. The lowest BCUT2D eigenvalue weighted by molar-refractivity contribution is -0.131. The topological polar surface area (TPSA) is 66.1 Å². The molecule has 2 aromatic heterocycles. The summed E-state index contributed by atoms with van der Waals surface area (Å²) >= 11 is 1.53. The number of amides is 1. The first-order chi connectivity index (χ1) is 15.5. The van der Waals surface area contributed by atoms with Crippen LogP contribution in [0, 0.1) is 13.8 Å². The minimum atomic E-state index is -0.133. The van der Waals surface area contributed by atoms with Crippen molar-refractivity contribution in [1.82, 2.24) is 14.9 Å². The summed E-state index contributed by atoms with van der Waals surface area (Å²) in [5.41, 5.74) is 3.16. The number of carbonyl (C=O) groups is 1. The van der Waals surface area contributed by atoms with Crippen molar-refractivity contribution in [2.45, 2.75) is 39.7 Å². The number of thiophene rings is 1. The van der Waals surface area contributed by atoms with Crippen LogP contribution in [0.15, 0.2) is 65.5 Å². The zero-order chi connectivity index (χ0) is 22.5. The molecule has 1 N–H and O–H groups in total. The Labute approximate surface area is 191 Å². The van der Waals surface area contributed by atoms with Crippen molar-refractivity contribution in [3.63, 3.8) is 0 Å². The molecule has 0 aliphatic carbocycles. The molecule has 0 unspecified atom stereocenters. The average molecular weight is 446 g/mol. The van der Waals surface area contributed by atoms with E-state index in [1.165, 1.54) is 16.9 Å². The zero-order valence-electron chi connectivity index (χ0n) is 18.4. The maximum atomic E-state index is 13.2. The number of hydrogen-bond acceptors (Lipinski definition) is 4. The summed E-state index contributed by atoms with van der Waals surface area (Å²) in [5.74, 6) is 0.593. The van der Waals surface area contributed by atoms with Gasteiger partial charge in [-0.3, -0.25) is 9.59 Å². The lowest BCUT2D eigenvalue weighted by Crippen LogP contribution is -2.34. The maximum absolute atomic E-state index is 13.2. The highest BCUT2D eigenvalue weighted by Gasteiger charge is 2.18. The molecular weight excluding hydrogens is 418 g/mol. The Morgan fingerprint density at radius 1 is 0.969 bits per heavy atom.